The lowest BCUT2D eigenvalue weighted by Gasteiger charge is -2.05. The van der Waals surface area contributed by atoms with Gasteiger partial charge in [-0.05, 0) is 18.2 Å². The Bertz CT molecular complexity index is 541. The molecule has 0 fully saturated rings. The highest BCUT2D eigenvalue weighted by Crippen LogP contribution is 2.23. The number of ether oxygens (including phenoxy) is 1. The molecule has 0 radical (unpaired) electrons. The van der Waals surface area contributed by atoms with Crippen LogP contribution in [0.4, 0.5) is 5.69 Å². The summed E-state index contributed by atoms with van der Waals surface area (Å²) in [5, 5.41) is 0. The van der Waals surface area contributed by atoms with Gasteiger partial charge in [0.1, 0.15) is 13.8 Å². The lowest BCUT2D eigenvalue weighted by Crippen LogP contribution is -2.16. The van der Waals surface area contributed by atoms with Crippen molar-refractivity contribution in [3.05, 3.63) is 23.8 Å². The highest BCUT2D eigenvalue weighted by atomic mass is 28.3. The zero-order valence-electron chi connectivity index (χ0n) is 11.5. The van der Waals surface area contributed by atoms with E-state index in [1.165, 1.54) is 0 Å². The Morgan fingerprint density at radius 2 is 1.94 bits per heavy atom. The molecule has 0 aromatic heterocycles. The molecule has 0 unspecified atom stereocenters. The van der Waals surface area contributed by atoms with Crippen LogP contribution in [0.1, 0.15) is 5.56 Å². The maximum atomic E-state index is 5.20. The molecule has 3 nitrogen and oxygen atoms in total. The van der Waals surface area contributed by atoms with Crippen LogP contribution in [0.25, 0.3) is 0 Å². The first kappa shape index (κ1) is 14.2. The summed E-state index contributed by atoms with van der Waals surface area (Å²) in [4.78, 5) is 7.88. The average Bonchev–Trinajstić information content (AvgIpc) is 2.33. The van der Waals surface area contributed by atoms with Gasteiger partial charge in [-0.15, -0.1) is 5.54 Å². The summed E-state index contributed by atoms with van der Waals surface area (Å²) < 4.78 is 5.20. The normalized spacial score (nSPS) is 9.83. The summed E-state index contributed by atoms with van der Waals surface area (Å²) in [6.45, 7) is 6.61. The highest BCUT2D eigenvalue weighted by Gasteiger charge is 2.08. The van der Waals surface area contributed by atoms with E-state index in [1.54, 1.807) is 14.2 Å². The highest BCUT2D eigenvalue weighted by molar-refractivity contribution is 6.83. The second-order valence-corrected chi connectivity index (χ2v) is 9.57. The number of rotatable bonds is 2. The number of hydrogen-bond acceptors (Lipinski definition) is 3. The molecule has 18 heavy (non-hydrogen) atoms. The predicted molar refractivity (Wildman–Crippen MR) is 78.7 cm³/mol. The molecule has 4 heteroatoms. The summed E-state index contributed by atoms with van der Waals surface area (Å²) in [6.07, 6.45) is 0. The number of benzene rings is 1. The van der Waals surface area contributed by atoms with Crippen LogP contribution in [-0.2, 0) is 0 Å². The second-order valence-electron chi connectivity index (χ2n) is 4.82. The Kier molecular flexibility index (Phi) is 4.91. The largest absolute Gasteiger partial charge is 0.497 e. The Hall–Kier alpha value is -1.82. The molecule has 0 aliphatic heterocycles. The number of methoxy groups -OCH3 is 1. The fourth-order valence-corrected chi connectivity index (χ4v) is 1.71. The molecule has 0 aliphatic carbocycles. The van der Waals surface area contributed by atoms with Crippen molar-refractivity contribution in [2.75, 3.05) is 14.2 Å². The van der Waals surface area contributed by atoms with Crippen LogP contribution in [0.5, 0.6) is 5.75 Å². The van der Waals surface area contributed by atoms with Crippen molar-refractivity contribution >= 4 is 19.8 Å². The van der Waals surface area contributed by atoms with Gasteiger partial charge in [-0.1, -0.05) is 25.6 Å². The Balaban J connectivity index is 3.27. The van der Waals surface area contributed by atoms with Crippen LogP contribution >= 0.6 is 0 Å². The minimum atomic E-state index is -1.41. The van der Waals surface area contributed by atoms with Crippen molar-refractivity contribution in [2.45, 2.75) is 19.6 Å². The summed E-state index contributed by atoms with van der Waals surface area (Å²) in [5.41, 5.74) is 4.95. The molecule has 0 amide bonds. The van der Waals surface area contributed by atoms with Crippen LogP contribution in [-0.4, -0.2) is 28.2 Å². The van der Waals surface area contributed by atoms with E-state index in [2.05, 4.69) is 47.1 Å². The van der Waals surface area contributed by atoms with Gasteiger partial charge in [-0.2, -0.15) is 4.99 Å². The summed E-state index contributed by atoms with van der Waals surface area (Å²) >= 11 is 0. The van der Waals surface area contributed by atoms with Crippen LogP contribution in [0, 0.1) is 11.5 Å². The smallest absolute Gasteiger partial charge is 0.129 e. The summed E-state index contributed by atoms with van der Waals surface area (Å²) in [6, 6.07) is 8.21. The van der Waals surface area contributed by atoms with Gasteiger partial charge in [0, 0.05) is 7.05 Å². The van der Waals surface area contributed by atoms with E-state index in [-0.39, 0.29) is 0 Å². The fraction of sp³-hybridized carbons (Fsp3) is 0.357. The van der Waals surface area contributed by atoms with Gasteiger partial charge in [0.15, 0.2) is 0 Å². The van der Waals surface area contributed by atoms with E-state index in [0.29, 0.717) is 0 Å². The minimum Gasteiger partial charge on any atom is -0.497 e. The maximum absolute atomic E-state index is 5.20. The van der Waals surface area contributed by atoms with E-state index in [1.807, 2.05) is 18.2 Å². The lowest BCUT2D eigenvalue weighted by molar-refractivity contribution is 0.414. The second kappa shape index (κ2) is 6.20. The quantitative estimate of drug-likeness (QED) is 0.455. The summed E-state index contributed by atoms with van der Waals surface area (Å²) in [5.74, 6) is 3.97. The third kappa shape index (κ3) is 4.58. The van der Waals surface area contributed by atoms with Crippen molar-refractivity contribution in [2.24, 2.45) is 9.98 Å². The van der Waals surface area contributed by atoms with Gasteiger partial charge < -0.3 is 4.74 Å². The Morgan fingerprint density at radius 1 is 1.22 bits per heavy atom. The molecular weight excluding hydrogens is 240 g/mol. The van der Waals surface area contributed by atoms with Crippen LogP contribution in [0.3, 0.4) is 0 Å². The molecule has 0 aliphatic rings. The molecule has 0 N–H and O–H groups in total. The van der Waals surface area contributed by atoms with E-state index in [9.17, 15) is 0 Å². The predicted octanol–water partition coefficient (Wildman–Crippen LogP) is 3.36. The minimum absolute atomic E-state index is 0.771. The molecule has 0 saturated heterocycles. The first-order valence-electron chi connectivity index (χ1n) is 5.72. The fourth-order valence-electron chi connectivity index (χ4n) is 1.20. The van der Waals surface area contributed by atoms with Gasteiger partial charge in [-0.25, -0.2) is 4.99 Å². The van der Waals surface area contributed by atoms with E-state index < -0.39 is 8.07 Å². The van der Waals surface area contributed by atoms with Crippen molar-refractivity contribution in [3.8, 4) is 17.2 Å². The zero-order chi connectivity index (χ0) is 13.6. The SMILES string of the molecule is CN=C=Nc1ccc(OC)cc1C#C[Si](C)(C)C. The number of aliphatic imine (C=N–C) groups is 2. The molecule has 0 spiro atoms. The monoisotopic (exact) mass is 258 g/mol. The third-order valence-corrected chi connectivity index (χ3v) is 2.92. The molecule has 1 aromatic rings. The zero-order valence-corrected chi connectivity index (χ0v) is 12.5. The third-order valence-electron chi connectivity index (χ3n) is 2.05. The Labute approximate surface area is 110 Å². The number of hydrogen-bond donors (Lipinski definition) is 0. The van der Waals surface area contributed by atoms with Crippen molar-refractivity contribution in [1.82, 2.24) is 0 Å². The standard InChI is InChI=1S/C14H18N2OSi/c1-15-11-16-14-7-6-13(17-2)10-12(14)8-9-18(3,4)5/h6-7,10H,1-5H3. The topological polar surface area (TPSA) is 34.0 Å². The molecular formula is C14H18N2OSi. The first-order chi connectivity index (χ1) is 8.46. The van der Waals surface area contributed by atoms with Gasteiger partial charge in [0.05, 0.1) is 24.4 Å². The van der Waals surface area contributed by atoms with Gasteiger partial charge >= 0.3 is 0 Å². The average molecular weight is 258 g/mol. The van der Waals surface area contributed by atoms with E-state index in [4.69, 9.17) is 4.74 Å². The molecule has 94 valence electrons. The van der Waals surface area contributed by atoms with Crippen molar-refractivity contribution < 1.29 is 4.74 Å². The Morgan fingerprint density at radius 3 is 2.50 bits per heavy atom. The summed E-state index contributed by atoms with van der Waals surface area (Å²) in [7, 11) is 1.87. The first-order valence-corrected chi connectivity index (χ1v) is 9.22. The van der Waals surface area contributed by atoms with E-state index >= 15 is 0 Å². The molecule has 0 saturated carbocycles. The van der Waals surface area contributed by atoms with Crippen molar-refractivity contribution in [3.63, 3.8) is 0 Å². The molecule has 1 aromatic carbocycles. The van der Waals surface area contributed by atoms with Gasteiger partial charge in [-0.3, -0.25) is 0 Å². The van der Waals surface area contributed by atoms with Crippen LogP contribution in [0.2, 0.25) is 19.6 Å². The molecule has 0 heterocycles. The van der Waals surface area contributed by atoms with Gasteiger partial charge in [0.2, 0.25) is 0 Å². The van der Waals surface area contributed by atoms with Crippen molar-refractivity contribution in [1.29, 1.82) is 0 Å². The maximum Gasteiger partial charge on any atom is 0.129 e. The van der Waals surface area contributed by atoms with Crippen LogP contribution < -0.4 is 4.74 Å². The van der Waals surface area contributed by atoms with Crippen LogP contribution in [0.15, 0.2) is 28.2 Å². The lowest BCUT2D eigenvalue weighted by atomic mass is 10.2. The van der Waals surface area contributed by atoms with Gasteiger partial charge in [0.25, 0.3) is 0 Å². The number of nitrogens with zero attached hydrogens (tertiary/aromatic N) is 2. The van der Waals surface area contributed by atoms with E-state index in [0.717, 1.165) is 17.0 Å². The molecule has 0 atom stereocenters. The molecule has 0 bridgehead atoms. The molecule has 1 rings (SSSR count).